The van der Waals surface area contributed by atoms with Crippen molar-refractivity contribution in [3.63, 3.8) is 0 Å². The summed E-state index contributed by atoms with van der Waals surface area (Å²) in [7, 11) is 0.474. The molecule has 33 heavy (non-hydrogen) atoms. The van der Waals surface area contributed by atoms with E-state index in [2.05, 4.69) is 79.9 Å². The maximum atomic E-state index is 10.1. The summed E-state index contributed by atoms with van der Waals surface area (Å²) in [5.74, 6) is 0. The number of hydrogen-bond donors (Lipinski definition) is 0. The maximum Gasteiger partial charge on any atom is 0.216 e. The molecule has 3 nitrogen and oxygen atoms in total. The van der Waals surface area contributed by atoms with E-state index in [0.717, 1.165) is 45.2 Å². The number of pyridine rings is 1. The minimum absolute atomic E-state index is 0.710. The predicted octanol–water partition coefficient (Wildman–Crippen LogP) is 6.92. The molecule has 162 valence electrons. The van der Waals surface area contributed by atoms with Gasteiger partial charge in [0.15, 0.2) is 6.20 Å². The summed E-state index contributed by atoms with van der Waals surface area (Å²) in [6, 6.07) is 17.1. The zero-order valence-corrected chi connectivity index (χ0v) is 20.6. The Morgan fingerprint density at radius 3 is 2.48 bits per heavy atom. The minimum atomic E-state index is -1.59. The minimum Gasteiger partial charge on any atom is -0.454 e. The van der Waals surface area contributed by atoms with E-state index in [0.29, 0.717) is 5.56 Å². The second kappa shape index (κ2) is 7.04. The van der Waals surface area contributed by atoms with Crippen LogP contribution in [0.15, 0.2) is 69.5 Å². The fourth-order valence-corrected chi connectivity index (χ4v) is 9.05. The lowest BCUT2D eigenvalue weighted by atomic mass is 9.92. The van der Waals surface area contributed by atoms with Crippen molar-refractivity contribution < 1.29 is 8.98 Å². The molecule has 6 rings (SSSR count). The van der Waals surface area contributed by atoms with Crippen molar-refractivity contribution >= 4 is 35.6 Å². The number of hydrogen-bond acceptors (Lipinski definition) is 2. The summed E-state index contributed by atoms with van der Waals surface area (Å²) in [6.45, 7) is 7.00. The van der Waals surface area contributed by atoms with Crippen LogP contribution in [0.3, 0.4) is 0 Å². The van der Waals surface area contributed by atoms with Crippen LogP contribution in [0.2, 0.25) is 13.1 Å². The molecule has 2 aliphatic rings. The smallest absolute Gasteiger partial charge is 0.216 e. The van der Waals surface area contributed by atoms with E-state index in [-0.39, 0.29) is 0 Å². The van der Waals surface area contributed by atoms with E-state index in [1.807, 2.05) is 12.1 Å². The normalized spacial score (nSPS) is 17.0. The SMILES string of the molecule is Cc1ccc2c(oc3c(C4=C[Si](C)(C)C5=C4CCC5)c(C#N)ccc32)c1-c1cccc[n+]1C. The quantitative estimate of drug-likeness (QED) is 0.247. The van der Waals surface area contributed by atoms with Crippen LogP contribution in [-0.4, -0.2) is 8.07 Å². The van der Waals surface area contributed by atoms with Crippen molar-refractivity contribution in [3.05, 3.63) is 81.8 Å². The summed E-state index contributed by atoms with van der Waals surface area (Å²) >= 11 is 0. The zero-order valence-electron chi connectivity index (χ0n) is 19.6. The topological polar surface area (TPSA) is 40.8 Å². The van der Waals surface area contributed by atoms with Gasteiger partial charge in [0.1, 0.15) is 26.3 Å². The number of furan rings is 1. The third-order valence-corrected chi connectivity index (χ3v) is 10.7. The van der Waals surface area contributed by atoms with Gasteiger partial charge in [0.05, 0.1) is 17.2 Å². The first-order valence-corrected chi connectivity index (χ1v) is 14.8. The Morgan fingerprint density at radius 1 is 0.970 bits per heavy atom. The van der Waals surface area contributed by atoms with Gasteiger partial charge in [-0.05, 0) is 61.1 Å². The molecule has 0 fully saturated rings. The van der Waals surface area contributed by atoms with E-state index in [1.54, 1.807) is 5.20 Å². The first kappa shape index (κ1) is 20.2. The maximum absolute atomic E-state index is 10.1. The number of aromatic nitrogens is 1. The summed E-state index contributed by atoms with van der Waals surface area (Å²) in [5, 5.41) is 13.9. The van der Waals surface area contributed by atoms with Gasteiger partial charge in [0.25, 0.3) is 0 Å². The average Bonchev–Trinajstić information content (AvgIpc) is 3.48. The van der Waals surface area contributed by atoms with Crippen molar-refractivity contribution in [2.24, 2.45) is 7.05 Å². The Labute approximate surface area is 195 Å². The standard InChI is InChI=1S/C29H27N2OSi/c1-18-11-13-21-22-14-12-19(16-30)27(23-17-33(3,4)25-10-7-8-20(23)25)29(22)32-28(21)26(18)24-9-5-6-15-31(24)2/h5-6,9,11-15,17H,7-8,10H2,1-4H3/q+1. The molecule has 0 bridgehead atoms. The van der Waals surface area contributed by atoms with Gasteiger partial charge in [0.2, 0.25) is 5.69 Å². The average molecular weight is 448 g/mol. The van der Waals surface area contributed by atoms with E-state index >= 15 is 0 Å². The molecule has 0 N–H and O–H groups in total. The van der Waals surface area contributed by atoms with Crippen LogP contribution in [0.5, 0.6) is 0 Å². The first-order chi connectivity index (χ1) is 15.9. The monoisotopic (exact) mass is 447 g/mol. The van der Waals surface area contributed by atoms with Gasteiger partial charge >= 0.3 is 0 Å². The van der Waals surface area contributed by atoms with Crippen LogP contribution in [0, 0.1) is 18.3 Å². The van der Waals surface area contributed by atoms with Crippen molar-refractivity contribution in [1.29, 1.82) is 5.26 Å². The Balaban J connectivity index is 1.72. The molecule has 0 radical (unpaired) electrons. The number of rotatable bonds is 2. The Morgan fingerprint density at radius 2 is 1.73 bits per heavy atom. The Kier molecular flexibility index (Phi) is 4.31. The lowest BCUT2D eigenvalue weighted by Gasteiger charge is -2.15. The van der Waals surface area contributed by atoms with Crippen LogP contribution < -0.4 is 4.57 Å². The van der Waals surface area contributed by atoms with Crippen molar-refractivity contribution in [2.45, 2.75) is 39.3 Å². The van der Waals surface area contributed by atoms with E-state index in [4.69, 9.17) is 4.42 Å². The molecule has 0 amide bonds. The molecular weight excluding hydrogens is 420 g/mol. The largest absolute Gasteiger partial charge is 0.454 e. The molecule has 4 heteroatoms. The molecule has 0 saturated carbocycles. The van der Waals surface area contributed by atoms with E-state index < -0.39 is 8.07 Å². The Hall–Kier alpha value is -3.42. The molecule has 1 aliphatic heterocycles. The number of nitrogens with zero attached hydrogens (tertiary/aromatic N) is 2. The zero-order chi connectivity index (χ0) is 22.9. The summed E-state index contributed by atoms with van der Waals surface area (Å²) in [6.07, 6.45) is 5.62. The highest BCUT2D eigenvalue weighted by molar-refractivity contribution is 6.91. The highest BCUT2D eigenvalue weighted by atomic mass is 28.3. The van der Waals surface area contributed by atoms with E-state index in [1.165, 1.54) is 29.6 Å². The molecule has 0 unspecified atom stereocenters. The fraction of sp³-hybridized carbons (Fsp3) is 0.241. The van der Waals surface area contributed by atoms with Crippen LogP contribution in [0.1, 0.15) is 36.0 Å². The van der Waals surface area contributed by atoms with Crippen LogP contribution in [0.4, 0.5) is 0 Å². The van der Waals surface area contributed by atoms with Crippen molar-refractivity contribution in [3.8, 4) is 17.3 Å². The number of nitriles is 1. The molecule has 1 aliphatic carbocycles. The summed E-state index contributed by atoms with van der Waals surface area (Å²) < 4.78 is 8.90. The van der Waals surface area contributed by atoms with Gasteiger partial charge in [0, 0.05) is 28.5 Å². The van der Waals surface area contributed by atoms with E-state index in [9.17, 15) is 5.26 Å². The van der Waals surface area contributed by atoms with Crippen molar-refractivity contribution in [2.75, 3.05) is 0 Å². The Bertz CT molecular complexity index is 1590. The second-order valence-corrected chi connectivity index (χ2v) is 14.3. The number of allylic oxidation sites excluding steroid dienone is 3. The first-order valence-electron chi connectivity index (χ1n) is 11.7. The second-order valence-electron chi connectivity index (χ2n) is 10.00. The van der Waals surface area contributed by atoms with Crippen LogP contribution in [0.25, 0.3) is 38.8 Å². The third-order valence-electron chi connectivity index (χ3n) is 7.54. The van der Waals surface area contributed by atoms with Crippen LogP contribution >= 0.6 is 0 Å². The molecule has 0 atom stereocenters. The predicted molar refractivity (Wildman–Crippen MR) is 136 cm³/mol. The lowest BCUT2D eigenvalue weighted by molar-refractivity contribution is -0.660. The third kappa shape index (κ3) is 2.82. The van der Waals surface area contributed by atoms with Crippen molar-refractivity contribution in [1.82, 2.24) is 0 Å². The highest BCUT2D eigenvalue weighted by Crippen LogP contribution is 2.50. The molecule has 0 saturated heterocycles. The molecule has 2 aromatic heterocycles. The van der Waals surface area contributed by atoms with Gasteiger partial charge in [-0.1, -0.05) is 36.1 Å². The molecule has 2 aromatic carbocycles. The van der Waals surface area contributed by atoms with Gasteiger partial charge in [-0.3, -0.25) is 0 Å². The van der Waals surface area contributed by atoms with Crippen LogP contribution in [-0.2, 0) is 7.05 Å². The fourth-order valence-electron chi connectivity index (χ4n) is 5.97. The lowest BCUT2D eigenvalue weighted by Crippen LogP contribution is -2.30. The van der Waals surface area contributed by atoms with Gasteiger partial charge < -0.3 is 4.42 Å². The summed E-state index contributed by atoms with van der Waals surface area (Å²) in [5.41, 5.74) is 12.1. The van der Waals surface area contributed by atoms with Gasteiger partial charge in [-0.2, -0.15) is 5.26 Å². The molecule has 0 spiro atoms. The number of aryl methyl sites for hydroxylation is 2. The number of benzene rings is 2. The molecule has 3 heterocycles. The summed E-state index contributed by atoms with van der Waals surface area (Å²) in [4.78, 5) is 0. The van der Waals surface area contributed by atoms with Gasteiger partial charge in [-0.15, -0.1) is 0 Å². The highest BCUT2D eigenvalue weighted by Gasteiger charge is 2.38. The molecular formula is C29H27N2OSi+. The number of fused-ring (bicyclic) bond motifs is 3. The van der Waals surface area contributed by atoms with Gasteiger partial charge in [-0.25, -0.2) is 4.57 Å². The molecule has 4 aromatic rings.